The van der Waals surface area contributed by atoms with E-state index in [1.807, 2.05) is 0 Å². The molecule has 1 aliphatic rings. The van der Waals surface area contributed by atoms with E-state index in [-0.39, 0.29) is 19.2 Å². The van der Waals surface area contributed by atoms with Gasteiger partial charge in [-0.05, 0) is 32.0 Å². The number of likely N-dealkylation sites (N-methyl/N-ethyl adjacent to an activating group) is 1. The maximum atomic E-state index is 12.3. The van der Waals surface area contributed by atoms with E-state index < -0.39 is 12.1 Å². The van der Waals surface area contributed by atoms with Crippen LogP contribution in [0, 0.1) is 0 Å². The van der Waals surface area contributed by atoms with Gasteiger partial charge in [-0.3, -0.25) is 4.79 Å². The minimum absolute atomic E-state index is 0.158. The van der Waals surface area contributed by atoms with Crippen LogP contribution in [-0.4, -0.2) is 43.3 Å². The summed E-state index contributed by atoms with van der Waals surface area (Å²) in [5, 5.41) is 0. The molecule has 1 amide bonds. The second-order valence-electron chi connectivity index (χ2n) is 4.42. The van der Waals surface area contributed by atoms with Crippen molar-refractivity contribution in [2.24, 2.45) is 0 Å². The molecule has 1 atom stereocenters. The number of fused-ring (bicyclic) bond motifs is 1. The third-order valence-electron chi connectivity index (χ3n) is 3.17. The molecule has 1 unspecified atom stereocenters. The van der Waals surface area contributed by atoms with Gasteiger partial charge in [-0.2, -0.15) is 0 Å². The van der Waals surface area contributed by atoms with Gasteiger partial charge in [0.1, 0.15) is 0 Å². The second kappa shape index (κ2) is 5.81. The van der Waals surface area contributed by atoms with Gasteiger partial charge in [0.25, 0.3) is 0 Å². The van der Waals surface area contributed by atoms with Crippen molar-refractivity contribution < 1.29 is 23.8 Å². The predicted octanol–water partition coefficient (Wildman–Crippen LogP) is 2.07. The number of hydrogen-bond acceptors (Lipinski definition) is 5. The molecule has 0 radical (unpaired) electrons. The summed E-state index contributed by atoms with van der Waals surface area (Å²) in [4.78, 5) is 25.2. The number of rotatable bonds is 4. The normalized spacial score (nSPS) is 13.8. The van der Waals surface area contributed by atoms with E-state index >= 15 is 0 Å². The van der Waals surface area contributed by atoms with Crippen molar-refractivity contribution in [3.63, 3.8) is 0 Å². The Hall–Kier alpha value is -2.24. The molecular weight excluding hydrogens is 262 g/mol. The van der Waals surface area contributed by atoms with Crippen molar-refractivity contribution >= 4 is 11.9 Å². The zero-order chi connectivity index (χ0) is 14.7. The summed E-state index contributed by atoms with van der Waals surface area (Å²) in [6.07, 6.45) is -0.519. The van der Waals surface area contributed by atoms with Gasteiger partial charge in [-0.1, -0.05) is 0 Å². The van der Waals surface area contributed by atoms with Crippen LogP contribution < -0.4 is 9.47 Å². The lowest BCUT2D eigenvalue weighted by Gasteiger charge is -2.23. The van der Waals surface area contributed by atoms with Gasteiger partial charge in [0.15, 0.2) is 17.3 Å². The molecular formula is C14H17NO5. The third kappa shape index (κ3) is 2.68. The van der Waals surface area contributed by atoms with Crippen molar-refractivity contribution in [2.75, 3.05) is 20.4 Å². The highest BCUT2D eigenvalue weighted by Gasteiger charge is 2.25. The number of hydrogen-bond donors (Lipinski definition) is 0. The Morgan fingerprint density at radius 2 is 2.05 bits per heavy atom. The van der Waals surface area contributed by atoms with Crippen LogP contribution >= 0.6 is 0 Å². The Bertz CT molecular complexity index is 528. The molecule has 1 aliphatic heterocycles. The number of ketones is 1. The highest BCUT2D eigenvalue weighted by Crippen LogP contribution is 2.32. The standard InChI is InChI=1S/C14H17NO5/c1-4-18-14(17)15(3)9(2)13(16)10-5-6-11-12(7-10)20-8-19-11/h5-7,9H,4,8H2,1-3H3. The molecule has 0 spiro atoms. The van der Waals surface area contributed by atoms with Crippen molar-refractivity contribution in [1.29, 1.82) is 0 Å². The van der Waals surface area contributed by atoms with Crippen LogP contribution in [0.15, 0.2) is 18.2 Å². The van der Waals surface area contributed by atoms with E-state index in [2.05, 4.69) is 0 Å². The first-order chi connectivity index (χ1) is 9.54. The highest BCUT2D eigenvalue weighted by atomic mass is 16.7. The zero-order valence-electron chi connectivity index (χ0n) is 11.7. The molecule has 0 bridgehead atoms. The molecule has 6 nitrogen and oxygen atoms in total. The van der Waals surface area contributed by atoms with Gasteiger partial charge in [0.2, 0.25) is 6.79 Å². The van der Waals surface area contributed by atoms with Gasteiger partial charge in [0.05, 0.1) is 12.6 Å². The summed E-state index contributed by atoms with van der Waals surface area (Å²) in [7, 11) is 1.54. The second-order valence-corrected chi connectivity index (χ2v) is 4.42. The molecule has 20 heavy (non-hydrogen) atoms. The largest absolute Gasteiger partial charge is 0.454 e. The van der Waals surface area contributed by atoms with Crippen molar-refractivity contribution in [1.82, 2.24) is 4.90 Å². The Morgan fingerprint density at radius 3 is 2.75 bits per heavy atom. The number of ether oxygens (including phenoxy) is 3. The van der Waals surface area contributed by atoms with E-state index in [9.17, 15) is 9.59 Å². The first-order valence-corrected chi connectivity index (χ1v) is 6.38. The summed E-state index contributed by atoms with van der Waals surface area (Å²) >= 11 is 0. The first-order valence-electron chi connectivity index (χ1n) is 6.38. The van der Waals surface area contributed by atoms with Gasteiger partial charge in [0, 0.05) is 12.6 Å². The predicted molar refractivity (Wildman–Crippen MR) is 71.1 cm³/mol. The van der Waals surface area contributed by atoms with Crippen LogP contribution in [0.3, 0.4) is 0 Å². The van der Waals surface area contributed by atoms with Crippen LogP contribution in [-0.2, 0) is 4.74 Å². The quantitative estimate of drug-likeness (QED) is 0.789. The Balaban J connectivity index is 2.12. The zero-order valence-corrected chi connectivity index (χ0v) is 11.7. The lowest BCUT2D eigenvalue weighted by atomic mass is 10.0. The summed E-state index contributed by atoms with van der Waals surface area (Å²) < 4.78 is 15.3. The number of carbonyl (C=O) groups is 2. The molecule has 1 aromatic carbocycles. The number of benzene rings is 1. The molecule has 1 aromatic rings. The van der Waals surface area contributed by atoms with Gasteiger partial charge >= 0.3 is 6.09 Å². The van der Waals surface area contributed by atoms with E-state index in [4.69, 9.17) is 14.2 Å². The lowest BCUT2D eigenvalue weighted by Crippen LogP contribution is -2.40. The number of nitrogens with zero attached hydrogens (tertiary/aromatic N) is 1. The SMILES string of the molecule is CCOC(=O)N(C)C(C)C(=O)c1ccc2c(c1)OCO2. The van der Waals surface area contributed by atoms with Crippen LogP contribution in [0.4, 0.5) is 4.79 Å². The summed E-state index contributed by atoms with van der Waals surface area (Å²) in [5.74, 6) is 0.980. The molecule has 0 N–H and O–H groups in total. The molecule has 0 aromatic heterocycles. The Kier molecular flexibility index (Phi) is 4.12. The topological polar surface area (TPSA) is 65.1 Å². The summed E-state index contributed by atoms with van der Waals surface area (Å²) in [6.45, 7) is 3.80. The monoisotopic (exact) mass is 279 g/mol. The molecule has 6 heteroatoms. The third-order valence-corrected chi connectivity index (χ3v) is 3.17. The molecule has 0 saturated heterocycles. The fraction of sp³-hybridized carbons (Fsp3) is 0.429. The molecule has 2 rings (SSSR count). The van der Waals surface area contributed by atoms with Crippen molar-refractivity contribution in [2.45, 2.75) is 19.9 Å². The summed E-state index contributed by atoms with van der Waals surface area (Å²) in [5.41, 5.74) is 0.470. The minimum atomic E-state index is -0.616. The minimum Gasteiger partial charge on any atom is -0.454 e. The van der Waals surface area contributed by atoms with Gasteiger partial charge in [-0.25, -0.2) is 4.79 Å². The Morgan fingerprint density at radius 1 is 1.35 bits per heavy atom. The van der Waals surface area contributed by atoms with E-state index in [1.54, 1.807) is 32.0 Å². The van der Waals surface area contributed by atoms with Crippen molar-refractivity contribution in [3.8, 4) is 11.5 Å². The lowest BCUT2D eigenvalue weighted by molar-refractivity contribution is 0.0777. The maximum absolute atomic E-state index is 12.3. The number of carbonyl (C=O) groups excluding carboxylic acids is 2. The maximum Gasteiger partial charge on any atom is 0.410 e. The molecule has 0 aliphatic carbocycles. The van der Waals surface area contributed by atoms with E-state index in [0.29, 0.717) is 17.1 Å². The van der Waals surface area contributed by atoms with Gasteiger partial charge in [-0.15, -0.1) is 0 Å². The first kappa shape index (κ1) is 14.2. The molecule has 0 saturated carbocycles. The fourth-order valence-corrected chi connectivity index (χ4v) is 1.85. The fourth-order valence-electron chi connectivity index (χ4n) is 1.85. The van der Waals surface area contributed by atoms with Crippen LogP contribution in [0.1, 0.15) is 24.2 Å². The Labute approximate surface area is 117 Å². The summed E-state index contributed by atoms with van der Waals surface area (Å²) in [6, 6.07) is 4.35. The highest BCUT2D eigenvalue weighted by molar-refractivity contribution is 6.01. The average molecular weight is 279 g/mol. The smallest absolute Gasteiger partial charge is 0.410 e. The number of Topliss-reactive ketones (excluding diaryl/α,β-unsaturated/α-hetero) is 1. The number of amides is 1. The van der Waals surface area contributed by atoms with E-state index in [0.717, 1.165) is 0 Å². The molecule has 1 heterocycles. The van der Waals surface area contributed by atoms with Crippen LogP contribution in [0.5, 0.6) is 11.5 Å². The van der Waals surface area contributed by atoms with E-state index in [1.165, 1.54) is 11.9 Å². The van der Waals surface area contributed by atoms with Crippen LogP contribution in [0.25, 0.3) is 0 Å². The van der Waals surface area contributed by atoms with Gasteiger partial charge < -0.3 is 19.1 Å². The average Bonchev–Trinajstić information content (AvgIpc) is 2.92. The van der Waals surface area contributed by atoms with Crippen molar-refractivity contribution in [3.05, 3.63) is 23.8 Å². The molecule has 0 fully saturated rings. The van der Waals surface area contributed by atoms with Crippen LogP contribution in [0.2, 0.25) is 0 Å². The molecule has 108 valence electrons.